The fraction of sp³-hybridized carbons (Fsp3) is 0.364. The van der Waals surface area contributed by atoms with Crippen LogP contribution in [0.25, 0.3) is 0 Å². The number of benzene rings is 1. The Morgan fingerprint density at radius 3 is 2.37 bits per heavy atom. The van der Waals surface area contributed by atoms with Gasteiger partial charge in [0.2, 0.25) is 5.91 Å². The zero-order chi connectivity index (χ0) is 14.8. The van der Waals surface area contributed by atoms with Gasteiger partial charge in [0.05, 0.1) is 12.1 Å². The monoisotopic (exact) mass is 283 g/mol. The van der Waals surface area contributed by atoms with Gasteiger partial charge in [-0.3, -0.25) is 4.79 Å². The Morgan fingerprint density at radius 2 is 1.89 bits per heavy atom. The second-order valence-corrected chi connectivity index (χ2v) is 4.12. The van der Waals surface area contributed by atoms with Crippen molar-refractivity contribution in [1.82, 2.24) is 0 Å². The summed E-state index contributed by atoms with van der Waals surface area (Å²) < 4.78 is 62.6. The molecule has 0 aliphatic heterocycles. The minimum atomic E-state index is -4.99. The Labute approximate surface area is 105 Å². The highest BCUT2D eigenvalue weighted by atomic mass is 19.4. The lowest BCUT2D eigenvalue weighted by atomic mass is 10.0. The molecule has 19 heavy (non-hydrogen) atoms. The van der Waals surface area contributed by atoms with Crippen LogP contribution in [0.5, 0.6) is 0 Å². The summed E-state index contributed by atoms with van der Waals surface area (Å²) in [7, 11) is 0. The van der Waals surface area contributed by atoms with Crippen LogP contribution >= 0.6 is 0 Å². The van der Waals surface area contributed by atoms with Crippen LogP contribution in [0.3, 0.4) is 0 Å². The van der Waals surface area contributed by atoms with Gasteiger partial charge in [0, 0.05) is 6.07 Å². The summed E-state index contributed by atoms with van der Waals surface area (Å²) in [5.74, 6) is -3.26. The summed E-state index contributed by atoms with van der Waals surface area (Å²) in [5, 5.41) is 10.9. The molecule has 0 aromatic heterocycles. The molecule has 0 saturated carbocycles. The van der Waals surface area contributed by atoms with Gasteiger partial charge in [0.1, 0.15) is 11.6 Å². The van der Waals surface area contributed by atoms with Crippen molar-refractivity contribution >= 4 is 11.6 Å². The fourth-order valence-electron chi connectivity index (χ4n) is 1.20. The van der Waals surface area contributed by atoms with E-state index in [0.717, 1.165) is 12.1 Å². The standard InChI is InChI=1S/C11H10F5NO2/c1-10(19,11(14,15)16)5-9(18)17-8-3-2-6(12)4-7(8)13/h2-4,19H,5H2,1H3,(H,17,18)/t10-/m0/s1. The maximum atomic E-state index is 13.1. The molecule has 106 valence electrons. The quantitative estimate of drug-likeness (QED) is 0.838. The topological polar surface area (TPSA) is 49.3 Å². The Balaban J connectivity index is 2.76. The molecular formula is C11H10F5NO2. The highest BCUT2D eigenvalue weighted by Crippen LogP contribution is 2.32. The van der Waals surface area contributed by atoms with E-state index in [2.05, 4.69) is 0 Å². The number of hydrogen-bond donors (Lipinski definition) is 2. The van der Waals surface area contributed by atoms with E-state index in [-0.39, 0.29) is 0 Å². The molecule has 0 unspecified atom stereocenters. The number of halogens is 5. The number of nitrogens with one attached hydrogen (secondary N) is 1. The summed E-state index contributed by atoms with van der Waals surface area (Å²) in [4.78, 5) is 11.3. The highest BCUT2D eigenvalue weighted by molar-refractivity contribution is 5.91. The Bertz CT molecular complexity index is 484. The average molecular weight is 283 g/mol. The van der Waals surface area contributed by atoms with Gasteiger partial charge in [-0.1, -0.05) is 0 Å². The van der Waals surface area contributed by atoms with E-state index >= 15 is 0 Å². The van der Waals surface area contributed by atoms with Crippen LogP contribution in [0.2, 0.25) is 0 Å². The summed E-state index contributed by atoms with van der Waals surface area (Å²) in [6.07, 6.45) is -6.29. The molecular weight excluding hydrogens is 273 g/mol. The third-order valence-corrected chi connectivity index (χ3v) is 2.32. The molecule has 0 fully saturated rings. The normalized spacial score (nSPS) is 14.9. The van der Waals surface area contributed by atoms with Gasteiger partial charge in [0.25, 0.3) is 0 Å². The summed E-state index contributed by atoms with van der Waals surface area (Å²) >= 11 is 0. The maximum Gasteiger partial charge on any atom is 0.417 e. The first kappa shape index (κ1) is 15.4. The van der Waals surface area contributed by atoms with Crippen LogP contribution in [0.4, 0.5) is 27.6 Å². The molecule has 0 radical (unpaired) electrons. The van der Waals surface area contributed by atoms with Gasteiger partial charge in [-0.15, -0.1) is 0 Å². The smallest absolute Gasteiger partial charge is 0.380 e. The average Bonchev–Trinajstić information content (AvgIpc) is 2.19. The number of anilines is 1. The van der Waals surface area contributed by atoms with E-state index in [0.29, 0.717) is 13.0 Å². The predicted octanol–water partition coefficient (Wildman–Crippen LogP) is 2.61. The van der Waals surface area contributed by atoms with Crippen LogP contribution in [0, 0.1) is 11.6 Å². The first-order chi connectivity index (χ1) is 8.53. The summed E-state index contributed by atoms with van der Waals surface area (Å²) in [5.41, 5.74) is -3.70. The lowest BCUT2D eigenvalue weighted by Gasteiger charge is -2.25. The molecule has 1 rings (SSSR count). The first-order valence-electron chi connectivity index (χ1n) is 5.07. The molecule has 2 N–H and O–H groups in total. The van der Waals surface area contributed by atoms with Crippen molar-refractivity contribution < 1.29 is 31.9 Å². The molecule has 1 aromatic rings. The van der Waals surface area contributed by atoms with Gasteiger partial charge >= 0.3 is 6.18 Å². The molecule has 8 heteroatoms. The van der Waals surface area contributed by atoms with Crippen LogP contribution in [-0.2, 0) is 4.79 Å². The van der Waals surface area contributed by atoms with Gasteiger partial charge in [-0.25, -0.2) is 8.78 Å². The summed E-state index contributed by atoms with van der Waals surface area (Å²) in [6, 6.07) is 2.17. The Hall–Kier alpha value is -1.70. The lowest BCUT2D eigenvalue weighted by Crippen LogP contribution is -2.44. The number of hydrogen-bond acceptors (Lipinski definition) is 2. The molecule has 0 heterocycles. The Kier molecular flexibility index (Phi) is 4.14. The fourth-order valence-corrected chi connectivity index (χ4v) is 1.20. The number of amides is 1. The van der Waals surface area contributed by atoms with Crippen LogP contribution < -0.4 is 5.32 Å². The van der Waals surface area contributed by atoms with E-state index in [1.54, 1.807) is 0 Å². The second kappa shape index (κ2) is 5.12. The SMILES string of the molecule is C[C@](O)(CC(=O)Nc1ccc(F)cc1F)C(F)(F)F. The molecule has 3 nitrogen and oxygen atoms in total. The summed E-state index contributed by atoms with van der Waals surface area (Å²) in [6.45, 7) is 0.424. The second-order valence-electron chi connectivity index (χ2n) is 4.12. The predicted molar refractivity (Wildman–Crippen MR) is 56.3 cm³/mol. The lowest BCUT2D eigenvalue weighted by molar-refractivity contribution is -0.252. The van der Waals surface area contributed by atoms with Crippen molar-refractivity contribution in [1.29, 1.82) is 0 Å². The largest absolute Gasteiger partial charge is 0.417 e. The van der Waals surface area contributed by atoms with E-state index in [9.17, 15) is 26.7 Å². The third kappa shape index (κ3) is 3.88. The number of alkyl halides is 3. The molecule has 1 amide bonds. The molecule has 1 atom stereocenters. The van der Waals surface area contributed by atoms with Crippen molar-refractivity contribution in [3.05, 3.63) is 29.8 Å². The van der Waals surface area contributed by atoms with Crippen LogP contribution in [-0.4, -0.2) is 22.8 Å². The zero-order valence-electron chi connectivity index (χ0n) is 9.68. The van der Waals surface area contributed by atoms with Gasteiger partial charge in [0.15, 0.2) is 5.60 Å². The minimum Gasteiger partial charge on any atom is -0.380 e. The minimum absolute atomic E-state index is 0.424. The van der Waals surface area contributed by atoms with E-state index in [1.807, 2.05) is 5.32 Å². The highest BCUT2D eigenvalue weighted by Gasteiger charge is 2.51. The molecule has 0 aliphatic rings. The van der Waals surface area contributed by atoms with Gasteiger partial charge in [-0.05, 0) is 19.1 Å². The van der Waals surface area contributed by atoms with Crippen LogP contribution in [0.15, 0.2) is 18.2 Å². The number of rotatable bonds is 3. The number of carbonyl (C=O) groups is 1. The zero-order valence-corrected chi connectivity index (χ0v) is 9.68. The number of aliphatic hydroxyl groups is 1. The molecule has 0 bridgehead atoms. The third-order valence-electron chi connectivity index (χ3n) is 2.32. The molecule has 0 saturated heterocycles. The van der Waals surface area contributed by atoms with E-state index in [4.69, 9.17) is 5.11 Å². The van der Waals surface area contributed by atoms with Crippen molar-refractivity contribution in [3.8, 4) is 0 Å². The molecule has 1 aromatic carbocycles. The van der Waals surface area contributed by atoms with E-state index in [1.165, 1.54) is 0 Å². The molecule has 0 spiro atoms. The van der Waals surface area contributed by atoms with Gasteiger partial charge < -0.3 is 10.4 Å². The molecule has 0 aliphatic carbocycles. The van der Waals surface area contributed by atoms with Crippen molar-refractivity contribution in [2.75, 3.05) is 5.32 Å². The Morgan fingerprint density at radius 1 is 1.32 bits per heavy atom. The first-order valence-corrected chi connectivity index (χ1v) is 5.07. The number of carbonyl (C=O) groups excluding carboxylic acids is 1. The van der Waals surface area contributed by atoms with Gasteiger partial charge in [-0.2, -0.15) is 13.2 Å². The van der Waals surface area contributed by atoms with Crippen LogP contribution in [0.1, 0.15) is 13.3 Å². The van der Waals surface area contributed by atoms with E-state index < -0.39 is 41.4 Å². The van der Waals surface area contributed by atoms with Crippen molar-refractivity contribution in [2.45, 2.75) is 25.1 Å². The van der Waals surface area contributed by atoms with Crippen molar-refractivity contribution in [3.63, 3.8) is 0 Å². The van der Waals surface area contributed by atoms with Crippen molar-refractivity contribution in [2.24, 2.45) is 0 Å². The maximum absolute atomic E-state index is 13.1.